The van der Waals surface area contributed by atoms with Crippen LogP contribution in [0.3, 0.4) is 0 Å². The Morgan fingerprint density at radius 2 is 2.00 bits per heavy atom. The smallest absolute Gasteiger partial charge is 0.390 e. The molecule has 0 aliphatic rings. The molecule has 17 heavy (non-hydrogen) atoms. The van der Waals surface area contributed by atoms with Crippen molar-refractivity contribution < 1.29 is 23.1 Å². The lowest BCUT2D eigenvalue weighted by molar-refractivity contribution is -0.132. The molecule has 0 aliphatic heterocycles. The second-order valence-electron chi connectivity index (χ2n) is 3.32. The predicted molar refractivity (Wildman–Crippen MR) is 52.9 cm³/mol. The van der Waals surface area contributed by atoms with E-state index >= 15 is 0 Å². The Balaban J connectivity index is 2.82. The number of aromatic carboxylic acids is 1. The van der Waals surface area contributed by atoms with Crippen LogP contribution in [0.4, 0.5) is 19.0 Å². The highest BCUT2D eigenvalue weighted by atomic mass is 19.4. The van der Waals surface area contributed by atoms with Crippen LogP contribution in [0.1, 0.15) is 16.9 Å². The zero-order valence-corrected chi connectivity index (χ0v) is 8.90. The van der Waals surface area contributed by atoms with Crippen LogP contribution in [-0.2, 0) is 0 Å². The van der Waals surface area contributed by atoms with Gasteiger partial charge < -0.3 is 10.0 Å². The average molecular weight is 249 g/mol. The highest BCUT2D eigenvalue weighted by Gasteiger charge is 2.28. The van der Waals surface area contributed by atoms with Crippen LogP contribution in [0.5, 0.6) is 0 Å². The van der Waals surface area contributed by atoms with Crippen molar-refractivity contribution in [3.63, 3.8) is 0 Å². The maximum atomic E-state index is 12.0. The molecule has 0 unspecified atom stereocenters. The molecule has 0 aromatic carbocycles. The topological polar surface area (TPSA) is 66.3 Å². The third-order valence-corrected chi connectivity index (χ3v) is 1.97. The lowest BCUT2D eigenvalue weighted by atomic mass is 10.3. The Kier molecular flexibility index (Phi) is 3.87. The van der Waals surface area contributed by atoms with Gasteiger partial charge in [0.15, 0.2) is 11.5 Å². The van der Waals surface area contributed by atoms with Crippen molar-refractivity contribution in [1.82, 2.24) is 9.97 Å². The summed E-state index contributed by atoms with van der Waals surface area (Å²) in [6.07, 6.45) is -2.94. The molecule has 1 rings (SSSR count). The molecule has 1 N–H and O–H groups in total. The van der Waals surface area contributed by atoms with Gasteiger partial charge in [-0.2, -0.15) is 13.2 Å². The summed E-state index contributed by atoms with van der Waals surface area (Å²) < 4.78 is 36.0. The fraction of sp³-hybridized carbons (Fsp3) is 0.444. The molecule has 0 bridgehead atoms. The minimum atomic E-state index is -4.29. The molecule has 0 aliphatic carbocycles. The summed E-state index contributed by atoms with van der Waals surface area (Å²) in [6.45, 7) is -0.373. The fourth-order valence-corrected chi connectivity index (χ4v) is 1.16. The molecule has 0 saturated heterocycles. The first kappa shape index (κ1) is 13.2. The molecular weight excluding hydrogens is 239 g/mol. The maximum Gasteiger partial charge on any atom is 0.390 e. The second-order valence-corrected chi connectivity index (χ2v) is 3.32. The first-order valence-electron chi connectivity index (χ1n) is 4.63. The van der Waals surface area contributed by atoms with E-state index in [1.54, 1.807) is 0 Å². The average Bonchev–Trinajstić information content (AvgIpc) is 2.25. The lowest BCUT2D eigenvalue weighted by Crippen LogP contribution is -2.26. The zero-order valence-electron chi connectivity index (χ0n) is 8.90. The first-order chi connectivity index (χ1) is 7.81. The molecule has 0 radical (unpaired) electrons. The van der Waals surface area contributed by atoms with Gasteiger partial charge in [-0.25, -0.2) is 14.8 Å². The van der Waals surface area contributed by atoms with E-state index in [0.29, 0.717) is 0 Å². The largest absolute Gasteiger partial charge is 0.476 e. The molecule has 0 amide bonds. The van der Waals surface area contributed by atoms with Gasteiger partial charge >= 0.3 is 12.1 Å². The van der Waals surface area contributed by atoms with E-state index in [1.165, 1.54) is 19.4 Å². The van der Waals surface area contributed by atoms with Crippen LogP contribution in [0, 0.1) is 0 Å². The highest BCUT2D eigenvalue weighted by Crippen LogP contribution is 2.21. The lowest BCUT2D eigenvalue weighted by Gasteiger charge is -2.19. The number of carbonyl (C=O) groups is 1. The number of aromatic nitrogens is 2. The van der Waals surface area contributed by atoms with Crippen molar-refractivity contribution in [1.29, 1.82) is 0 Å². The number of alkyl halides is 3. The second kappa shape index (κ2) is 4.98. The maximum absolute atomic E-state index is 12.0. The Labute approximate surface area is 94.9 Å². The number of halogens is 3. The minimum Gasteiger partial charge on any atom is -0.476 e. The molecule has 1 heterocycles. The summed E-state index contributed by atoms with van der Waals surface area (Å²) in [5.74, 6) is -1.41. The molecule has 94 valence electrons. The van der Waals surface area contributed by atoms with E-state index in [-0.39, 0.29) is 18.1 Å². The number of hydrogen-bond donors (Lipinski definition) is 1. The van der Waals surface area contributed by atoms with Gasteiger partial charge in [-0.05, 0) is 0 Å². The van der Waals surface area contributed by atoms with Crippen LogP contribution in [0.2, 0.25) is 0 Å². The van der Waals surface area contributed by atoms with Crippen LogP contribution in [-0.4, -0.2) is 40.8 Å². The van der Waals surface area contributed by atoms with Crippen LogP contribution in [0.25, 0.3) is 0 Å². The Morgan fingerprint density at radius 1 is 1.41 bits per heavy atom. The van der Waals surface area contributed by atoms with E-state index in [1.807, 2.05) is 0 Å². The third-order valence-electron chi connectivity index (χ3n) is 1.97. The van der Waals surface area contributed by atoms with Crippen molar-refractivity contribution >= 4 is 11.8 Å². The summed E-state index contributed by atoms with van der Waals surface area (Å²) in [5.41, 5.74) is -0.364. The number of nitrogens with zero attached hydrogens (tertiary/aromatic N) is 3. The summed E-state index contributed by atoms with van der Waals surface area (Å²) in [4.78, 5) is 19.2. The molecule has 1 aromatic heterocycles. The molecule has 0 saturated carbocycles. The van der Waals surface area contributed by atoms with Gasteiger partial charge in [-0.3, -0.25) is 0 Å². The molecule has 5 nitrogen and oxygen atoms in total. The quantitative estimate of drug-likeness (QED) is 0.877. The third kappa shape index (κ3) is 3.89. The molecule has 0 fully saturated rings. The first-order valence-corrected chi connectivity index (χ1v) is 4.63. The van der Waals surface area contributed by atoms with Crippen LogP contribution < -0.4 is 4.90 Å². The van der Waals surface area contributed by atoms with E-state index < -0.39 is 18.6 Å². The number of hydrogen-bond acceptors (Lipinski definition) is 4. The van der Waals surface area contributed by atoms with E-state index in [4.69, 9.17) is 5.11 Å². The van der Waals surface area contributed by atoms with E-state index in [0.717, 1.165) is 4.90 Å². The summed E-state index contributed by atoms with van der Waals surface area (Å²) in [5, 5.41) is 8.79. The highest BCUT2D eigenvalue weighted by molar-refractivity contribution is 5.90. The summed E-state index contributed by atoms with van der Waals surface area (Å²) >= 11 is 0. The zero-order chi connectivity index (χ0) is 13.1. The molecule has 8 heteroatoms. The molecule has 1 aromatic rings. The van der Waals surface area contributed by atoms with Gasteiger partial charge in [0.2, 0.25) is 0 Å². The van der Waals surface area contributed by atoms with Gasteiger partial charge in [-0.15, -0.1) is 0 Å². The number of carboxylic acid groups (broad SMARTS) is 1. The number of carboxylic acids is 1. The normalized spacial score (nSPS) is 11.3. The van der Waals surface area contributed by atoms with Crippen molar-refractivity contribution in [2.75, 3.05) is 18.5 Å². The standard InChI is InChI=1S/C9H10F3N3O2/c1-15(5-2-9(10,11)12)7-6(8(16)17)13-3-4-14-7/h3-4H,2,5H2,1H3,(H,16,17). The monoisotopic (exact) mass is 249 g/mol. The Bertz CT molecular complexity index is 409. The van der Waals surface area contributed by atoms with Crippen molar-refractivity contribution in [3.8, 4) is 0 Å². The van der Waals surface area contributed by atoms with Gasteiger partial charge in [0.25, 0.3) is 0 Å². The van der Waals surface area contributed by atoms with E-state index in [9.17, 15) is 18.0 Å². The number of anilines is 1. The van der Waals surface area contributed by atoms with Gasteiger partial charge in [0.05, 0.1) is 6.42 Å². The van der Waals surface area contributed by atoms with Crippen molar-refractivity contribution in [2.45, 2.75) is 12.6 Å². The van der Waals surface area contributed by atoms with Gasteiger partial charge in [0, 0.05) is 26.0 Å². The fourth-order valence-electron chi connectivity index (χ4n) is 1.16. The van der Waals surface area contributed by atoms with E-state index in [2.05, 4.69) is 9.97 Å². The minimum absolute atomic E-state index is 0.0794. The Morgan fingerprint density at radius 3 is 2.53 bits per heavy atom. The molecule has 0 spiro atoms. The van der Waals surface area contributed by atoms with Gasteiger partial charge in [-0.1, -0.05) is 0 Å². The SMILES string of the molecule is CN(CCC(F)(F)F)c1nccnc1C(=O)O. The van der Waals surface area contributed by atoms with Gasteiger partial charge in [0.1, 0.15) is 0 Å². The van der Waals surface area contributed by atoms with Crippen molar-refractivity contribution in [2.24, 2.45) is 0 Å². The molecular formula is C9H10F3N3O2. The summed E-state index contributed by atoms with van der Waals surface area (Å²) in [6, 6.07) is 0. The summed E-state index contributed by atoms with van der Waals surface area (Å²) in [7, 11) is 1.34. The van der Waals surface area contributed by atoms with Crippen LogP contribution in [0.15, 0.2) is 12.4 Å². The van der Waals surface area contributed by atoms with Crippen LogP contribution >= 0.6 is 0 Å². The Hall–Kier alpha value is -1.86. The predicted octanol–water partition coefficient (Wildman–Crippen LogP) is 1.56. The number of rotatable bonds is 4. The van der Waals surface area contributed by atoms with Crippen molar-refractivity contribution in [3.05, 3.63) is 18.1 Å². The molecule has 0 atom stereocenters.